The zero-order chi connectivity index (χ0) is 27.0. The topological polar surface area (TPSA) is 51.9 Å². The maximum atomic E-state index is 13.9. The van der Waals surface area contributed by atoms with Gasteiger partial charge in [0.05, 0.1) is 12.7 Å². The predicted molar refractivity (Wildman–Crippen MR) is 124 cm³/mol. The molecule has 12 heteroatoms. The van der Waals surface area contributed by atoms with Gasteiger partial charge in [0.1, 0.15) is 29.5 Å². The number of aromatic nitrogens is 3. The molecule has 0 bridgehead atoms. The number of rotatable bonds is 7. The van der Waals surface area contributed by atoms with E-state index in [1.54, 1.807) is 48.5 Å². The zero-order valence-corrected chi connectivity index (χ0v) is 20.0. The fraction of sp³-hybridized carbons (Fsp3) is 0.280. The number of nitrogens with zero attached hydrogens (tertiary/aromatic N) is 4. The molecule has 0 aliphatic carbocycles. The van der Waals surface area contributed by atoms with E-state index in [4.69, 9.17) is 9.47 Å². The van der Waals surface area contributed by atoms with E-state index in [0.717, 1.165) is 0 Å². The van der Waals surface area contributed by atoms with Crippen molar-refractivity contribution in [1.29, 1.82) is 0 Å². The third-order valence-corrected chi connectivity index (χ3v) is 5.48. The molecule has 0 aliphatic rings. The number of halogens is 6. The Morgan fingerprint density at radius 3 is 1.97 bits per heavy atom. The van der Waals surface area contributed by atoms with Gasteiger partial charge in [-0.15, -0.1) is 0 Å². The van der Waals surface area contributed by atoms with Gasteiger partial charge in [-0.05, 0) is 62.1 Å². The lowest BCUT2D eigenvalue weighted by Crippen LogP contribution is -2.19. The summed E-state index contributed by atoms with van der Waals surface area (Å²) in [5.41, 5.74) is -3.10. The van der Waals surface area contributed by atoms with E-state index < -0.39 is 29.4 Å². The van der Waals surface area contributed by atoms with E-state index in [2.05, 4.69) is 10.1 Å². The van der Waals surface area contributed by atoms with Crippen LogP contribution in [-0.4, -0.2) is 53.9 Å². The average molecular weight is 524 g/mol. The Morgan fingerprint density at radius 2 is 1.43 bits per heavy atom. The van der Waals surface area contributed by atoms with E-state index in [-0.39, 0.29) is 17.3 Å². The maximum absolute atomic E-state index is 13.9. The van der Waals surface area contributed by atoms with Crippen molar-refractivity contribution in [1.82, 2.24) is 19.5 Å². The molecule has 0 radical (unpaired) electrons. The number of benzene rings is 2. The quantitative estimate of drug-likeness (QED) is 0.276. The monoisotopic (exact) mass is 524 g/mol. The SMILES string of the molecule is COc1ccc(-c2nn3c(C(F)(F)F)cc(C(F)(F)F)nc3c2-c2ccc(OCCN(C)C)cc2)cc1. The summed E-state index contributed by atoms with van der Waals surface area (Å²) >= 11 is 0. The minimum atomic E-state index is -5.12. The summed E-state index contributed by atoms with van der Waals surface area (Å²) in [4.78, 5) is 5.51. The van der Waals surface area contributed by atoms with E-state index in [1.165, 1.54) is 7.11 Å². The standard InChI is InChI=1S/C25H22F6N4O2/c1-34(2)12-13-37-18-10-4-15(5-11-18)21-22(16-6-8-17(36-3)9-7-16)33-35-20(25(29,30)31)14-19(24(26,27)28)32-23(21)35/h4-11,14H,12-13H2,1-3H3. The van der Waals surface area contributed by atoms with E-state index in [1.807, 2.05) is 19.0 Å². The Balaban J connectivity index is 1.94. The Morgan fingerprint density at radius 1 is 0.838 bits per heavy atom. The van der Waals surface area contributed by atoms with Gasteiger partial charge >= 0.3 is 12.4 Å². The van der Waals surface area contributed by atoms with Crippen molar-refractivity contribution in [2.75, 3.05) is 34.4 Å². The maximum Gasteiger partial charge on any atom is 0.433 e. The highest BCUT2D eigenvalue weighted by atomic mass is 19.4. The number of likely N-dealkylation sites (N-methyl/N-ethyl adjacent to an activating group) is 1. The first kappa shape index (κ1) is 26.3. The fourth-order valence-corrected chi connectivity index (χ4v) is 3.65. The Labute approximate surface area is 208 Å². The summed E-state index contributed by atoms with van der Waals surface area (Å²) in [5.74, 6) is 0.981. The van der Waals surface area contributed by atoms with Gasteiger partial charge in [-0.1, -0.05) is 12.1 Å². The van der Waals surface area contributed by atoms with Crippen LogP contribution in [0.2, 0.25) is 0 Å². The molecule has 0 amide bonds. The summed E-state index contributed by atoms with van der Waals surface area (Å²) in [7, 11) is 5.22. The number of fused-ring (bicyclic) bond motifs is 1. The van der Waals surface area contributed by atoms with Gasteiger partial charge in [0.2, 0.25) is 0 Å². The van der Waals surface area contributed by atoms with Crippen LogP contribution in [0.25, 0.3) is 28.0 Å². The van der Waals surface area contributed by atoms with Gasteiger partial charge in [0.25, 0.3) is 0 Å². The minimum absolute atomic E-state index is 0.0154. The van der Waals surface area contributed by atoms with Crippen LogP contribution >= 0.6 is 0 Å². The molecular weight excluding hydrogens is 502 g/mol. The molecule has 0 N–H and O–H groups in total. The van der Waals surface area contributed by atoms with Crippen LogP contribution in [0.3, 0.4) is 0 Å². The zero-order valence-electron chi connectivity index (χ0n) is 20.0. The second-order valence-corrected chi connectivity index (χ2v) is 8.39. The highest BCUT2D eigenvalue weighted by Crippen LogP contribution is 2.41. The van der Waals surface area contributed by atoms with Crippen molar-refractivity contribution in [3.8, 4) is 33.9 Å². The molecular formula is C25H22F6N4O2. The van der Waals surface area contributed by atoms with Crippen LogP contribution in [0.15, 0.2) is 54.6 Å². The molecule has 0 unspecified atom stereocenters. The number of alkyl halides is 6. The van der Waals surface area contributed by atoms with Crippen molar-refractivity contribution in [2.24, 2.45) is 0 Å². The Bertz CT molecular complexity index is 1380. The van der Waals surface area contributed by atoms with E-state index in [9.17, 15) is 26.3 Å². The first-order valence-electron chi connectivity index (χ1n) is 11.0. The van der Waals surface area contributed by atoms with Crippen LogP contribution in [0, 0.1) is 0 Å². The summed E-state index contributed by atoms with van der Waals surface area (Å²) < 4.78 is 93.5. The molecule has 0 aliphatic heterocycles. The van der Waals surface area contributed by atoms with Crippen LogP contribution in [0.5, 0.6) is 11.5 Å². The highest BCUT2D eigenvalue weighted by Gasteiger charge is 2.41. The molecule has 2 heterocycles. The van der Waals surface area contributed by atoms with E-state index >= 15 is 0 Å². The molecule has 196 valence electrons. The smallest absolute Gasteiger partial charge is 0.433 e. The van der Waals surface area contributed by atoms with Crippen LogP contribution in [0.1, 0.15) is 11.4 Å². The lowest BCUT2D eigenvalue weighted by Gasteiger charge is -2.13. The summed E-state index contributed by atoms with van der Waals surface area (Å²) in [5, 5.41) is 4.09. The fourth-order valence-electron chi connectivity index (χ4n) is 3.65. The van der Waals surface area contributed by atoms with Gasteiger partial charge in [-0.3, -0.25) is 0 Å². The molecule has 0 spiro atoms. The first-order chi connectivity index (χ1) is 17.4. The average Bonchev–Trinajstić information content (AvgIpc) is 3.22. The van der Waals surface area contributed by atoms with Crippen molar-refractivity contribution < 1.29 is 35.8 Å². The van der Waals surface area contributed by atoms with Crippen LogP contribution in [-0.2, 0) is 12.4 Å². The van der Waals surface area contributed by atoms with Crippen molar-refractivity contribution >= 4 is 5.65 Å². The summed E-state index contributed by atoms with van der Waals surface area (Å²) in [6.45, 7) is 1.05. The van der Waals surface area contributed by atoms with Crippen LogP contribution < -0.4 is 9.47 Å². The number of ether oxygens (including phenoxy) is 2. The third-order valence-electron chi connectivity index (χ3n) is 5.48. The van der Waals surface area contributed by atoms with Gasteiger partial charge < -0.3 is 14.4 Å². The first-order valence-corrected chi connectivity index (χ1v) is 11.0. The lowest BCUT2D eigenvalue weighted by molar-refractivity contribution is -0.148. The Kier molecular flexibility index (Phi) is 7.05. The number of methoxy groups -OCH3 is 1. The van der Waals surface area contributed by atoms with Gasteiger partial charge in [0, 0.05) is 12.1 Å². The molecule has 0 atom stereocenters. The van der Waals surface area contributed by atoms with Gasteiger partial charge in [-0.2, -0.15) is 31.4 Å². The van der Waals surface area contributed by atoms with Crippen molar-refractivity contribution in [3.05, 3.63) is 66.0 Å². The van der Waals surface area contributed by atoms with Crippen molar-refractivity contribution in [3.63, 3.8) is 0 Å². The third kappa shape index (κ3) is 5.63. The molecule has 37 heavy (non-hydrogen) atoms. The van der Waals surface area contributed by atoms with E-state index in [0.29, 0.717) is 40.3 Å². The van der Waals surface area contributed by atoms with Crippen LogP contribution in [0.4, 0.5) is 26.3 Å². The molecule has 2 aromatic heterocycles. The number of hydrogen-bond donors (Lipinski definition) is 0. The molecule has 2 aromatic carbocycles. The molecule has 6 nitrogen and oxygen atoms in total. The molecule has 4 rings (SSSR count). The molecule has 0 saturated carbocycles. The second kappa shape index (κ2) is 9.92. The normalized spacial score (nSPS) is 12.4. The molecule has 4 aromatic rings. The highest BCUT2D eigenvalue weighted by molar-refractivity contribution is 5.90. The lowest BCUT2D eigenvalue weighted by atomic mass is 10.0. The molecule has 0 saturated heterocycles. The minimum Gasteiger partial charge on any atom is -0.497 e. The largest absolute Gasteiger partial charge is 0.497 e. The van der Waals surface area contributed by atoms with Gasteiger partial charge in [-0.25, -0.2) is 9.50 Å². The number of hydrogen-bond acceptors (Lipinski definition) is 5. The second-order valence-electron chi connectivity index (χ2n) is 8.39. The summed E-state index contributed by atoms with van der Waals surface area (Å²) in [6.07, 6.45) is -10.2. The Hall–Kier alpha value is -3.80. The molecule has 0 fully saturated rings. The predicted octanol–water partition coefficient (Wildman–Crippen LogP) is 6.05. The van der Waals surface area contributed by atoms with Gasteiger partial charge in [0.15, 0.2) is 11.3 Å². The van der Waals surface area contributed by atoms with Crippen molar-refractivity contribution in [2.45, 2.75) is 12.4 Å². The summed E-state index contributed by atoms with van der Waals surface area (Å²) in [6, 6.07) is 12.5.